The number of aliphatic hydroxyl groups is 3. The van der Waals surface area contributed by atoms with Crippen molar-refractivity contribution in [2.45, 2.75) is 130 Å². The van der Waals surface area contributed by atoms with Gasteiger partial charge in [0.25, 0.3) is 0 Å². The largest absolute Gasteiger partial charge is 0.447 e. The van der Waals surface area contributed by atoms with E-state index in [2.05, 4.69) is 31.4 Å². The third-order valence-electron chi connectivity index (χ3n) is 12.4. The number of ether oxygens (including phenoxy) is 2. The van der Waals surface area contributed by atoms with Crippen LogP contribution in [0.4, 0.5) is 4.79 Å². The number of nitrogens with one attached hydrogen (secondary N) is 2. The number of alkyl carbamates (subject to hydrolysis) is 1. The predicted molar refractivity (Wildman–Crippen MR) is 169 cm³/mol. The van der Waals surface area contributed by atoms with E-state index in [4.69, 9.17) is 9.47 Å². The van der Waals surface area contributed by atoms with Crippen LogP contribution < -0.4 is 10.6 Å². The molecule has 12 atom stereocenters. The number of aliphatic hydroxyl groups excluding tert-OH is 3. The standard InChI is InChI=1S/C35H60N2O7/c1-6-16-43-17-18-44-33(42)37-30(7-2)36-31(41)11-9-8-10-22(3)25-12-13-26-32-27(21-29(40)35(25,26)5)34(4)15-14-24(38)19-23(34)20-28(32)39/h9,11,22-30,32,38-40H,6-8,10,12-21H2,1-5H3,(H,36,41)(H,37,42)/t22-,23+,24-,25-,26+,27+,28?,29+,30?,32?,34+,35-/m1/s1. The first-order chi connectivity index (χ1) is 20.9. The number of carbonyl (C=O) groups excluding carboxylic acids is 2. The van der Waals surface area contributed by atoms with E-state index in [1.807, 2.05) is 19.9 Å². The van der Waals surface area contributed by atoms with Crippen LogP contribution in [0, 0.1) is 46.3 Å². The maximum absolute atomic E-state index is 12.5. The summed E-state index contributed by atoms with van der Waals surface area (Å²) >= 11 is 0. The summed E-state index contributed by atoms with van der Waals surface area (Å²) in [5, 5.41) is 39.1. The highest BCUT2D eigenvalue weighted by atomic mass is 16.6. The lowest BCUT2D eigenvalue weighted by Gasteiger charge is -2.63. The first-order valence-electron chi connectivity index (χ1n) is 17.5. The SMILES string of the molecule is CCCOCCOC(=O)NC(CC)NC(=O)C=CCC[C@@H](C)[C@H]1CC[C@H]2C3C(O)C[C@@H]4C[C@H](O)CC[C@]4(C)[C@H]3C[C@H](O)[C@]12C. The molecule has 5 N–H and O–H groups in total. The van der Waals surface area contributed by atoms with Crippen molar-refractivity contribution >= 4 is 12.0 Å². The fraction of sp³-hybridized carbons (Fsp3) is 0.886. The van der Waals surface area contributed by atoms with E-state index in [9.17, 15) is 24.9 Å². The number of hydrogen-bond donors (Lipinski definition) is 5. The Balaban J connectivity index is 1.27. The maximum atomic E-state index is 12.5. The lowest BCUT2D eigenvalue weighted by atomic mass is 9.43. The molecule has 0 spiro atoms. The summed E-state index contributed by atoms with van der Waals surface area (Å²) in [6.45, 7) is 12.0. The zero-order chi connectivity index (χ0) is 32.1. The van der Waals surface area contributed by atoms with Crippen LogP contribution >= 0.6 is 0 Å². The molecule has 4 rings (SSSR count). The minimum Gasteiger partial charge on any atom is -0.447 e. The van der Waals surface area contributed by atoms with Gasteiger partial charge in [0.05, 0.1) is 24.9 Å². The smallest absolute Gasteiger partial charge is 0.408 e. The van der Waals surface area contributed by atoms with Crippen molar-refractivity contribution in [3.8, 4) is 0 Å². The average molecular weight is 621 g/mol. The van der Waals surface area contributed by atoms with Crippen molar-refractivity contribution in [3.05, 3.63) is 12.2 Å². The van der Waals surface area contributed by atoms with Crippen molar-refractivity contribution in [1.82, 2.24) is 10.6 Å². The third-order valence-corrected chi connectivity index (χ3v) is 12.4. The molecular weight excluding hydrogens is 560 g/mol. The number of fused-ring (bicyclic) bond motifs is 5. The van der Waals surface area contributed by atoms with Gasteiger partial charge in [-0.2, -0.15) is 0 Å². The van der Waals surface area contributed by atoms with Gasteiger partial charge in [-0.1, -0.05) is 40.7 Å². The molecule has 0 saturated heterocycles. The van der Waals surface area contributed by atoms with Crippen LogP contribution in [0.3, 0.4) is 0 Å². The van der Waals surface area contributed by atoms with Crippen LogP contribution in [0.2, 0.25) is 0 Å². The molecule has 9 heteroatoms. The Morgan fingerprint density at radius 1 is 0.977 bits per heavy atom. The Hall–Kier alpha value is -1.68. The van der Waals surface area contributed by atoms with Crippen molar-refractivity contribution in [2.24, 2.45) is 46.3 Å². The Bertz CT molecular complexity index is 992. The highest BCUT2D eigenvalue weighted by Crippen LogP contribution is 2.68. The zero-order valence-corrected chi connectivity index (χ0v) is 27.8. The van der Waals surface area contributed by atoms with Crippen LogP contribution in [0.5, 0.6) is 0 Å². The molecular formula is C35H60N2O7. The average Bonchev–Trinajstić information content (AvgIpc) is 3.34. The van der Waals surface area contributed by atoms with Crippen molar-refractivity contribution in [2.75, 3.05) is 19.8 Å². The molecule has 0 aromatic carbocycles. The van der Waals surface area contributed by atoms with Crippen LogP contribution in [0.15, 0.2) is 12.2 Å². The summed E-state index contributed by atoms with van der Waals surface area (Å²) in [5.74, 6) is 1.63. The van der Waals surface area contributed by atoms with Crippen LogP contribution in [0.25, 0.3) is 0 Å². The summed E-state index contributed by atoms with van der Waals surface area (Å²) in [6.07, 6.45) is 10.6. The summed E-state index contributed by atoms with van der Waals surface area (Å²) in [6, 6.07) is 0. The number of rotatable bonds is 13. The quantitative estimate of drug-likeness (QED) is 0.112. The van der Waals surface area contributed by atoms with Gasteiger partial charge in [0.1, 0.15) is 12.8 Å². The predicted octanol–water partition coefficient (Wildman–Crippen LogP) is 4.93. The minimum absolute atomic E-state index is 0.0797. The number of allylic oxidation sites excluding steroid dienone is 1. The molecule has 0 aliphatic heterocycles. The normalized spacial score (nSPS) is 39.5. The molecule has 4 saturated carbocycles. The Kier molecular flexibility index (Phi) is 12.2. The maximum Gasteiger partial charge on any atom is 0.408 e. The number of carbonyl (C=O) groups is 2. The van der Waals surface area contributed by atoms with Gasteiger partial charge < -0.3 is 35.4 Å². The zero-order valence-electron chi connectivity index (χ0n) is 27.8. The van der Waals surface area contributed by atoms with Crippen molar-refractivity contribution < 1.29 is 34.4 Å². The monoisotopic (exact) mass is 620 g/mol. The second-order valence-corrected chi connectivity index (χ2v) is 14.8. The lowest BCUT2D eigenvalue weighted by molar-refractivity contribution is -0.207. The van der Waals surface area contributed by atoms with Crippen LogP contribution in [-0.2, 0) is 14.3 Å². The van der Waals surface area contributed by atoms with Gasteiger partial charge in [0, 0.05) is 6.61 Å². The van der Waals surface area contributed by atoms with E-state index in [1.54, 1.807) is 0 Å². The fourth-order valence-corrected chi connectivity index (χ4v) is 9.97. The van der Waals surface area contributed by atoms with Gasteiger partial charge >= 0.3 is 6.09 Å². The molecule has 4 fully saturated rings. The van der Waals surface area contributed by atoms with Gasteiger partial charge in [-0.05, 0) is 123 Å². The molecule has 4 aliphatic carbocycles. The van der Waals surface area contributed by atoms with Gasteiger partial charge in [-0.15, -0.1) is 0 Å². The molecule has 0 radical (unpaired) electrons. The third kappa shape index (κ3) is 7.48. The Morgan fingerprint density at radius 2 is 1.75 bits per heavy atom. The van der Waals surface area contributed by atoms with Crippen LogP contribution in [0.1, 0.15) is 105 Å². The summed E-state index contributed by atoms with van der Waals surface area (Å²) in [5.41, 5.74) is -0.146. The summed E-state index contributed by atoms with van der Waals surface area (Å²) in [7, 11) is 0. The first-order valence-corrected chi connectivity index (χ1v) is 17.5. The summed E-state index contributed by atoms with van der Waals surface area (Å²) < 4.78 is 10.4. The van der Waals surface area contributed by atoms with Gasteiger partial charge in [-0.3, -0.25) is 4.79 Å². The lowest BCUT2D eigenvalue weighted by Crippen LogP contribution is -2.62. The van der Waals surface area contributed by atoms with E-state index in [0.717, 1.165) is 64.2 Å². The molecule has 44 heavy (non-hydrogen) atoms. The van der Waals surface area contributed by atoms with E-state index in [1.165, 1.54) is 6.08 Å². The first kappa shape index (κ1) is 35.2. The summed E-state index contributed by atoms with van der Waals surface area (Å²) in [4.78, 5) is 24.6. The molecule has 0 bridgehead atoms. The number of hydrogen-bond acceptors (Lipinski definition) is 7. The van der Waals surface area contributed by atoms with E-state index in [0.29, 0.717) is 49.2 Å². The topological polar surface area (TPSA) is 137 Å². The van der Waals surface area contributed by atoms with Gasteiger partial charge in [0.2, 0.25) is 5.91 Å². The minimum atomic E-state index is -0.582. The second kappa shape index (κ2) is 15.3. The molecule has 2 amide bonds. The Morgan fingerprint density at radius 3 is 2.48 bits per heavy atom. The Labute approximate surface area is 264 Å². The van der Waals surface area contributed by atoms with E-state index < -0.39 is 18.4 Å². The van der Waals surface area contributed by atoms with Gasteiger partial charge in [0.15, 0.2) is 0 Å². The molecule has 0 aromatic rings. The van der Waals surface area contributed by atoms with Crippen molar-refractivity contribution in [1.29, 1.82) is 0 Å². The van der Waals surface area contributed by atoms with Crippen molar-refractivity contribution in [3.63, 3.8) is 0 Å². The molecule has 252 valence electrons. The second-order valence-electron chi connectivity index (χ2n) is 14.8. The molecule has 0 heterocycles. The molecule has 4 aliphatic rings. The highest BCUT2D eigenvalue weighted by Gasteiger charge is 2.65. The molecule has 9 nitrogen and oxygen atoms in total. The molecule has 0 aromatic heterocycles. The fourth-order valence-electron chi connectivity index (χ4n) is 9.97. The van der Waals surface area contributed by atoms with E-state index in [-0.39, 0.29) is 41.5 Å². The number of amides is 2. The molecule has 3 unspecified atom stereocenters. The van der Waals surface area contributed by atoms with Gasteiger partial charge in [-0.25, -0.2) is 4.79 Å². The van der Waals surface area contributed by atoms with Crippen LogP contribution in [-0.4, -0.2) is 71.6 Å². The van der Waals surface area contributed by atoms with E-state index >= 15 is 0 Å². The highest BCUT2D eigenvalue weighted by molar-refractivity contribution is 5.87.